The second-order valence-electron chi connectivity index (χ2n) is 16.0. The number of rotatable bonds is 12. The molecule has 281 valence electrons. The van der Waals surface area contributed by atoms with Gasteiger partial charge in [-0.25, -0.2) is 4.98 Å². The zero-order chi connectivity index (χ0) is 37.7. The van der Waals surface area contributed by atoms with Gasteiger partial charge in [-0.05, 0) is 59.9 Å². The summed E-state index contributed by atoms with van der Waals surface area (Å²) in [5.74, 6) is 0.878. The first-order valence-corrected chi connectivity index (χ1v) is 19.8. The fourth-order valence-electron chi connectivity index (χ4n) is 6.34. The normalized spacial score (nSPS) is 12.6. The van der Waals surface area contributed by atoms with E-state index in [-0.39, 0.29) is 47.9 Å². The van der Waals surface area contributed by atoms with Gasteiger partial charge < -0.3 is 5.11 Å². The maximum Gasteiger partial charge on any atom is 0.164 e. The van der Waals surface area contributed by atoms with Crippen molar-refractivity contribution in [1.29, 1.82) is 0 Å². The summed E-state index contributed by atoms with van der Waals surface area (Å²) in [6.45, 7) is 23.3. The van der Waals surface area contributed by atoms with Gasteiger partial charge in [0.1, 0.15) is 12.1 Å². The Kier molecular flexibility index (Phi) is 15.1. The number of thiocarbonyl (C=S) groups is 1. The van der Waals surface area contributed by atoms with Crippen molar-refractivity contribution in [2.75, 3.05) is 0 Å². The Balaban J connectivity index is 0.000000347. The predicted molar refractivity (Wildman–Crippen MR) is 224 cm³/mol. The summed E-state index contributed by atoms with van der Waals surface area (Å²) in [7, 11) is 0. The van der Waals surface area contributed by atoms with Crippen LogP contribution in [0.1, 0.15) is 119 Å². The number of benzene rings is 3. The van der Waals surface area contributed by atoms with Gasteiger partial charge in [0.15, 0.2) is 5.78 Å². The smallest absolute Gasteiger partial charge is 0.164 e. The van der Waals surface area contributed by atoms with Crippen molar-refractivity contribution in [3.8, 4) is 11.3 Å². The third-order valence-corrected chi connectivity index (χ3v) is 12.3. The van der Waals surface area contributed by atoms with Gasteiger partial charge in [0.25, 0.3) is 0 Å². The first-order valence-electron chi connectivity index (χ1n) is 18.6. The Morgan fingerprint density at radius 2 is 1.54 bits per heavy atom. The molecular formula is C45H57IrN2O2S2-. The summed E-state index contributed by atoms with van der Waals surface area (Å²) in [5.41, 5.74) is 4.99. The van der Waals surface area contributed by atoms with Gasteiger partial charge in [0.2, 0.25) is 0 Å². The molecule has 0 amide bonds. The Labute approximate surface area is 335 Å². The number of hydrogen-bond donors (Lipinski definition) is 1. The molecule has 0 saturated carbocycles. The molecule has 0 unspecified atom stereocenters. The standard InChI is InChI=1S/C30H29N2S2.C15H28O2.Ir/c1-18(2)12-22(33)13-19-10-11-24-26(14-19)34-29-27(31-17-32-28(24)29)21-15-20-8-6-7-9-23(20)25(16-21)30(3,4)5;1-7-14(5,8-2)12(16)11-13(17)15(6,9-3)10-4;/h6-11,14,16-18H,12-13H2,1-5H3;11,16H,7-10H2,1-6H3;/q-1;;/b;12-11-;. The number of aliphatic hydroxyl groups is 1. The quantitative estimate of drug-likeness (QED) is 0.0585. The molecule has 0 fully saturated rings. The second-order valence-corrected chi connectivity index (χ2v) is 17.6. The zero-order valence-corrected chi connectivity index (χ0v) is 37.0. The van der Waals surface area contributed by atoms with E-state index in [1.54, 1.807) is 17.7 Å². The summed E-state index contributed by atoms with van der Waals surface area (Å²) in [6, 6.07) is 21.1. The predicted octanol–water partition coefficient (Wildman–Crippen LogP) is 13.4. The molecule has 0 aliphatic rings. The number of carbonyl (C=O) groups is 1. The molecule has 0 bridgehead atoms. The molecule has 4 nitrogen and oxygen atoms in total. The monoisotopic (exact) mass is 914 g/mol. The van der Waals surface area contributed by atoms with Crippen LogP contribution in [-0.4, -0.2) is 25.7 Å². The topological polar surface area (TPSA) is 63.1 Å². The molecule has 1 radical (unpaired) electrons. The second kappa shape index (κ2) is 18.0. The van der Waals surface area contributed by atoms with Crippen molar-refractivity contribution in [2.45, 2.75) is 120 Å². The van der Waals surface area contributed by atoms with Gasteiger partial charge >= 0.3 is 0 Å². The fraction of sp³-hybridized carbons (Fsp3) is 0.467. The van der Waals surface area contributed by atoms with E-state index in [1.807, 2.05) is 41.5 Å². The van der Waals surface area contributed by atoms with Crippen LogP contribution >= 0.6 is 23.6 Å². The van der Waals surface area contributed by atoms with Crippen molar-refractivity contribution in [3.05, 3.63) is 83.9 Å². The number of aliphatic hydroxyl groups excluding tert-OH is 1. The zero-order valence-electron chi connectivity index (χ0n) is 33.0. The average Bonchev–Trinajstić information content (AvgIpc) is 3.47. The molecule has 3 aromatic carbocycles. The van der Waals surface area contributed by atoms with Crippen LogP contribution in [0.5, 0.6) is 0 Å². The van der Waals surface area contributed by atoms with E-state index in [0.717, 1.165) is 70.2 Å². The van der Waals surface area contributed by atoms with Crippen LogP contribution in [0.4, 0.5) is 0 Å². The molecule has 52 heavy (non-hydrogen) atoms. The average molecular weight is 914 g/mol. The molecule has 5 aromatic rings. The molecule has 0 saturated heterocycles. The summed E-state index contributed by atoms with van der Waals surface area (Å²) in [4.78, 5) is 22.7. The SMILES string of the molecule is CC(C)CC(=S)Cc1ccc2c(c1)sc1c(-c3[c-]c4ccccc4c(C(C)(C)C)c3)ncnc12.CCC(C)(CC)C(=O)/C=C(\O)C(C)(CC)CC.[Ir]. The van der Waals surface area contributed by atoms with Crippen molar-refractivity contribution in [1.82, 2.24) is 9.97 Å². The van der Waals surface area contributed by atoms with Crippen molar-refractivity contribution in [2.24, 2.45) is 16.7 Å². The van der Waals surface area contributed by atoms with E-state index in [4.69, 9.17) is 17.2 Å². The largest absolute Gasteiger partial charge is 0.512 e. The Morgan fingerprint density at radius 1 is 0.904 bits per heavy atom. The first kappa shape index (κ1) is 43.6. The number of thiophene rings is 1. The van der Waals surface area contributed by atoms with Crippen LogP contribution in [0.2, 0.25) is 0 Å². The summed E-state index contributed by atoms with van der Waals surface area (Å²) < 4.78 is 2.35. The molecule has 2 heterocycles. The number of ketones is 1. The molecular weight excluding hydrogens is 857 g/mol. The Morgan fingerprint density at radius 3 is 2.13 bits per heavy atom. The van der Waals surface area contributed by atoms with E-state index in [9.17, 15) is 9.90 Å². The van der Waals surface area contributed by atoms with Gasteiger partial charge in [-0.2, -0.15) is 0 Å². The Hall–Kier alpha value is -2.83. The van der Waals surface area contributed by atoms with Gasteiger partial charge in [0, 0.05) is 63.9 Å². The minimum absolute atomic E-state index is 0. The molecule has 5 rings (SSSR count). The van der Waals surface area contributed by atoms with Crippen LogP contribution in [-0.2, 0) is 36.7 Å². The van der Waals surface area contributed by atoms with Crippen LogP contribution < -0.4 is 0 Å². The first-order chi connectivity index (χ1) is 24.0. The third-order valence-electron chi connectivity index (χ3n) is 10.8. The fourth-order valence-corrected chi connectivity index (χ4v) is 8.06. The number of nitrogens with zero attached hydrogens (tertiary/aromatic N) is 2. The van der Waals surface area contributed by atoms with Gasteiger partial charge in [0.05, 0.1) is 5.52 Å². The third kappa shape index (κ3) is 9.82. The summed E-state index contributed by atoms with van der Waals surface area (Å²) in [6.07, 6.45) is 8.28. The number of aromatic nitrogens is 2. The molecule has 2 aromatic heterocycles. The maximum atomic E-state index is 12.2. The van der Waals surface area contributed by atoms with Crippen LogP contribution in [0.15, 0.2) is 66.7 Å². The van der Waals surface area contributed by atoms with Crippen molar-refractivity contribution >= 4 is 65.3 Å². The minimum atomic E-state index is -0.337. The van der Waals surface area contributed by atoms with E-state index < -0.39 is 0 Å². The molecule has 0 spiro atoms. The van der Waals surface area contributed by atoms with Crippen LogP contribution in [0.3, 0.4) is 0 Å². The molecule has 1 N–H and O–H groups in total. The van der Waals surface area contributed by atoms with Crippen molar-refractivity contribution in [3.63, 3.8) is 0 Å². The van der Waals surface area contributed by atoms with Crippen LogP contribution in [0.25, 0.3) is 42.3 Å². The number of allylic oxidation sites excluding steroid dienone is 2. The molecule has 0 aliphatic heterocycles. The molecule has 0 aliphatic carbocycles. The number of carbonyl (C=O) groups excluding carboxylic acids is 1. The van der Waals surface area contributed by atoms with Gasteiger partial charge in [-0.1, -0.05) is 130 Å². The summed E-state index contributed by atoms with van der Waals surface area (Å²) >= 11 is 7.41. The van der Waals surface area contributed by atoms with E-state index in [1.165, 1.54) is 32.7 Å². The van der Waals surface area contributed by atoms with E-state index >= 15 is 0 Å². The number of hydrogen-bond acceptors (Lipinski definition) is 6. The number of fused-ring (bicyclic) bond motifs is 4. The molecule has 0 atom stereocenters. The minimum Gasteiger partial charge on any atom is -0.512 e. The Bertz CT molecular complexity index is 2050. The van der Waals surface area contributed by atoms with E-state index in [0.29, 0.717) is 5.92 Å². The summed E-state index contributed by atoms with van der Waals surface area (Å²) in [5, 5.41) is 13.7. The van der Waals surface area contributed by atoms with E-state index in [2.05, 4.69) is 94.2 Å². The van der Waals surface area contributed by atoms with Crippen LogP contribution in [0, 0.1) is 22.8 Å². The molecule has 7 heteroatoms. The van der Waals surface area contributed by atoms with Crippen molar-refractivity contribution < 1.29 is 30.0 Å². The maximum absolute atomic E-state index is 12.2. The van der Waals surface area contributed by atoms with Gasteiger partial charge in [-0.3, -0.25) is 9.78 Å². The van der Waals surface area contributed by atoms with Gasteiger partial charge in [-0.15, -0.1) is 40.5 Å².